The van der Waals surface area contributed by atoms with Gasteiger partial charge in [-0.05, 0) is 60.5 Å². The molecular formula is C25H23N3O2. The van der Waals surface area contributed by atoms with Gasteiger partial charge in [0.2, 0.25) is 0 Å². The van der Waals surface area contributed by atoms with E-state index in [9.17, 15) is 4.79 Å². The fraction of sp³-hybridized carbons (Fsp3) is 0.120. The summed E-state index contributed by atoms with van der Waals surface area (Å²) in [4.78, 5) is 20.7. The van der Waals surface area contributed by atoms with Crippen molar-refractivity contribution in [2.45, 2.75) is 6.92 Å². The van der Waals surface area contributed by atoms with Gasteiger partial charge < -0.3 is 9.64 Å². The van der Waals surface area contributed by atoms with Crippen molar-refractivity contribution in [1.29, 1.82) is 0 Å². The van der Waals surface area contributed by atoms with E-state index < -0.39 is 5.91 Å². The molecule has 1 aliphatic rings. The van der Waals surface area contributed by atoms with Gasteiger partial charge in [-0.3, -0.25) is 9.69 Å². The third-order valence-corrected chi connectivity index (χ3v) is 4.89. The molecule has 3 aromatic carbocycles. The first kappa shape index (κ1) is 19.5. The van der Waals surface area contributed by atoms with E-state index >= 15 is 0 Å². The molecule has 0 saturated carbocycles. The van der Waals surface area contributed by atoms with Crippen molar-refractivity contribution in [2.24, 2.45) is 4.99 Å². The molecule has 0 spiro atoms. The fourth-order valence-corrected chi connectivity index (χ4v) is 3.26. The number of aryl methyl sites for hydroxylation is 1. The topological polar surface area (TPSA) is 45.1 Å². The Balaban J connectivity index is 1.67. The lowest BCUT2D eigenvalue weighted by atomic mass is 10.1. The van der Waals surface area contributed by atoms with Gasteiger partial charge in [0.05, 0.1) is 11.4 Å². The van der Waals surface area contributed by atoms with Gasteiger partial charge in [-0.1, -0.05) is 42.5 Å². The highest BCUT2D eigenvalue weighted by atomic mass is 16.5. The molecule has 4 rings (SSSR count). The van der Waals surface area contributed by atoms with Gasteiger partial charge in [0.25, 0.3) is 0 Å². The molecule has 30 heavy (non-hydrogen) atoms. The Labute approximate surface area is 176 Å². The van der Waals surface area contributed by atoms with Crippen molar-refractivity contribution in [3.05, 3.63) is 95.7 Å². The first-order valence-corrected chi connectivity index (χ1v) is 9.74. The van der Waals surface area contributed by atoms with E-state index in [1.54, 1.807) is 6.08 Å². The first-order chi connectivity index (χ1) is 14.5. The Morgan fingerprint density at radius 1 is 0.833 bits per heavy atom. The second kappa shape index (κ2) is 8.25. The minimum absolute atomic E-state index is 0.211. The quantitative estimate of drug-likeness (QED) is 0.571. The standard InChI is InChI=1S/C25H23N3O2/c1-18-16-22(27(2)3)15-14-19(18)17-23-24(29)26-25(30-23)28(20-10-6-4-7-11-20)21-12-8-5-9-13-21/h4-17H,1-3H3. The Bertz CT molecular complexity index is 1080. The summed E-state index contributed by atoms with van der Waals surface area (Å²) in [6.07, 6.45) is 1.75. The highest BCUT2D eigenvalue weighted by Gasteiger charge is 2.29. The monoisotopic (exact) mass is 397 g/mol. The van der Waals surface area contributed by atoms with Crippen molar-refractivity contribution < 1.29 is 9.53 Å². The number of carbonyl (C=O) groups excluding carboxylic acids is 1. The number of benzene rings is 3. The number of hydrogen-bond donors (Lipinski definition) is 0. The fourth-order valence-electron chi connectivity index (χ4n) is 3.26. The molecule has 0 bridgehead atoms. The molecule has 0 saturated heterocycles. The zero-order chi connectivity index (χ0) is 21.1. The number of amidine groups is 1. The molecule has 1 heterocycles. The van der Waals surface area contributed by atoms with Gasteiger partial charge in [-0.2, -0.15) is 4.99 Å². The van der Waals surface area contributed by atoms with Crippen LogP contribution in [0.25, 0.3) is 6.08 Å². The van der Waals surface area contributed by atoms with Crippen LogP contribution in [0, 0.1) is 6.92 Å². The predicted octanol–water partition coefficient (Wildman–Crippen LogP) is 5.15. The summed E-state index contributed by atoms with van der Waals surface area (Å²) in [7, 11) is 4.00. The third kappa shape index (κ3) is 3.96. The zero-order valence-corrected chi connectivity index (χ0v) is 17.2. The number of ether oxygens (including phenoxy) is 1. The summed E-state index contributed by atoms with van der Waals surface area (Å²) in [6, 6.07) is 25.8. The Hall–Kier alpha value is -3.86. The Kier molecular flexibility index (Phi) is 5.35. The molecule has 5 heteroatoms. The van der Waals surface area contributed by atoms with Gasteiger partial charge in [0, 0.05) is 19.8 Å². The van der Waals surface area contributed by atoms with Crippen LogP contribution in [-0.2, 0) is 9.53 Å². The minimum atomic E-state index is -0.391. The molecule has 0 N–H and O–H groups in total. The number of para-hydroxylation sites is 2. The average molecular weight is 397 g/mol. The van der Waals surface area contributed by atoms with Crippen molar-refractivity contribution in [2.75, 3.05) is 23.9 Å². The first-order valence-electron chi connectivity index (χ1n) is 9.74. The maximum absolute atomic E-state index is 12.6. The predicted molar refractivity (Wildman–Crippen MR) is 122 cm³/mol. The third-order valence-electron chi connectivity index (χ3n) is 4.89. The van der Waals surface area contributed by atoms with E-state index in [-0.39, 0.29) is 11.8 Å². The van der Waals surface area contributed by atoms with Crippen LogP contribution in [0.3, 0.4) is 0 Å². The molecule has 0 unspecified atom stereocenters. The van der Waals surface area contributed by atoms with Crippen LogP contribution in [-0.4, -0.2) is 26.0 Å². The van der Waals surface area contributed by atoms with Crippen LogP contribution < -0.4 is 9.80 Å². The van der Waals surface area contributed by atoms with E-state index in [0.717, 1.165) is 28.2 Å². The van der Waals surface area contributed by atoms with Crippen molar-refractivity contribution in [3.8, 4) is 0 Å². The molecule has 1 amide bonds. The summed E-state index contributed by atoms with van der Waals surface area (Å²) in [5.74, 6) is -0.180. The van der Waals surface area contributed by atoms with Gasteiger partial charge in [0.1, 0.15) is 0 Å². The number of anilines is 3. The largest absolute Gasteiger partial charge is 0.419 e. The van der Waals surface area contributed by atoms with Crippen molar-refractivity contribution in [3.63, 3.8) is 0 Å². The van der Waals surface area contributed by atoms with Crippen LogP contribution in [0.5, 0.6) is 0 Å². The maximum atomic E-state index is 12.6. The van der Waals surface area contributed by atoms with Gasteiger partial charge in [0.15, 0.2) is 5.76 Å². The average Bonchev–Trinajstić information content (AvgIpc) is 3.11. The Morgan fingerprint density at radius 3 is 1.97 bits per heavy atom. The maximum Gasteiger partial charge on any atom is 0.317 e. The molecule has 3 aromatic rings. The molecule has 0 fully saturated rings. The highest BCUT2D eigenvalue weighted by molar-refractivity contribution is 6.14. The van der Waals surface area contributed by atoms with E-state index in [1.165, 1.54) is 0 Å². The molecule has 0 radical (unpaired) electrons. The van der Waals surface area contributed by atoms with Gasteiger partial charge >= 0.3 is 11.9 Å². The van der Waals surface area contributed by atoms with Crippen LogP contribution in [0.2, 0.25) is 0 Å². The number of carbonyl (C=O) groups is 1. The van der Waals surface area contributed by atoms with Crippen LogP contribution in [0.15, 0.2) is 89.6 Å². The lowest BCUT2D eigenvalue weighted by Gasteiger charge is -2.23. The summed E-state index contributed by atoms with van der Waals surface area (Å²) in [5.41, 5.74) is 4.81. The highest BCUT2D eigenvalue weighted by Crippen LogP contribution is 2.30. The molecule has 0 atom stereocenters. The molecule has 0 aliphatic carbocycles. The second-order valence-corrected chi connectivity index (χ2v) is 7.25. The summed E-state index contributed by atoms with van der Waals surface area (Å²) < 4.78 is 5.96. The summed E-state index contributed by atoms with van der Waals surface area (Å²) >= 11 is 0. The number of hydrogen-bond acceptors (Lipinski definition) is 4. The minimum Gasteiger partial charge on any atom is -0.419 e. The summed E-state index contributed by atoms with van der Waals surface area (Å²) in [6.45, 7) is 2.01. The molecule has 5 nitrogen and oxygen atoms in total. The number of aliphatic imine (C=N–C) groups is 1. The van der Waals surface area contributed by atoms with Crippen molar-refractivity contribution >= 4 is 35.1 Å². The number of rotatable bonds is 4. The van der Waals surface area contributed by atoms with Crippen LogP contribution in [0.1, 0.15) is 11.1 Å². The lowest BCUT2D eigenvalue weighted by Crippen LogP contribution is -2.25. The van der Waals surface area contributed by atoms with E-state index in [4.69, 9.17) is 4.74 Å². The Morgan fingerprint density at radius 2 is 1.43 bits per heavy atom. The lowest BCUT2D eigenvalue weighted by molar-refractivity contribution is -0.115. The number of amides is 1. The second-order valence-electron chi connectivity index (χ2n) is 7.25. The molecule has 1 aliphatic heterocycles. The molecule has 150 valence electrons. The molecule has 0 aromatic heterocycles. The van der Waals surface area contributed by atoms with Gasteiger partial charge in [-0.25, -0.2) is 0 Å². The van der Waals surface area contributed by atoms with E-state index in [1.807, 2.05) is 104 Å². The normalized spacial score (nSPS) is 14.4. The SMILES string of the molecule is Cc1cc(N(C)C)ccc1C=C1OC(N(c2ccccc2)c2ccccc2)=NC1=O. The van der Waals surface area contributed by atoms with E-state index in [2.05, 4.69) is 11.1 Å². The number of nitrogens with zero attached hydrogens (tertiary/aromatic N) is 3. The van der Waals surface area contributed by atoms with Crippen molar-refractivity contribution in [1.82, 2.24) is 0 Å². The zero-order valence-electron chi connectivity index (χ0n) is 17.2. The summed E-state index contributed by atoms with van der Waals surface area (Å²) in [5, 5.41) is 0. The van der Waals surface area contributed by atoms with E-state index in [0.29, 0.717) is 0 Å². The molecular weight excluding hydrogens is 374 g/mol. The van der Waals surface area contributed by atoms with Crippen LogP contribution in [0.4, 0.5) is 17.1 Å². The van der Waals surface area contributed by atoms with Gasteiger partial charge in [-0.15, -0.1) is 0 Å². The van der Waals surface area contributed by atoms with Crippen LogP contribution >= 0.6 is 0 Å². The smallest absolute Gasteiger partial charge is 0.317 e.